The minimum absolute atomic E-state index is 0.143. The Morgan fingerprint density at radius 1 is 1.37 bits per heavy atom. The Balaban J connectivity index is 1.73. The summed E-state index contributed by atoms with van der Waals surface area (Å²) in [7, 11) is 0. The Bertz CT molecular complexity index is 448. The third-order valence-corrected chi connectivity index (χ3v) is 3.56. The summed E-state index contributed by atoms with van der Waals surface area (Å²) < 4.78 is 5.42. The third-order valence-electron chi connectivity index (χ3n) is 2.97. The van der Waals surface area contributed by atoms with E-state index in [4.69, 9.17) is 27.9 Å². The predicted molar refractivity (Wildman–Crippen MR) is 75.7 cm³/mol. The van der Waals surface area contributed by atoms with Crippen molar-refractivity contribution in [2.24, 2.45) is 0 Å². The lowest BCUT2D eigenvalue weighted by molar-refractivity contribution is 0.111. The van der Waals surface area contributed by atoms with Crippen LogP contribution < -0.4 is 10.6 Å². The summed E-state index contributed by atoms with van der Waals surface area (Å²) in [6.45, 7) is 1.70. The first-order valence-corrected chi connectivity index (χ1v) is 6.98. The smallest absolute Gasteiger partial charge is 0.315 e. The van der Waals surface area contributed by atoms with Gasteiger partial charge in [-0.15, -0.1) is 0 Å². The molecule has 1 fully saturated rings. The van der Waals surface area contributed by atoms with Crippen LogP contribution in [0.4, 0.5) is 4.79 Å². The molecule has 1 saturated heterocycles. The monoisotopic (exact) mass is 302 g/mol. The molecular weight excluding hydrogens is 287 g/mol. The lowest BCUT2D eigenvalue weighted by Crippen LogP contribution is -2.39. The van der Waals surface area contributed by atoms with Crippen molar-refractivity contribution in [1.82, 2.24) is 10.6 Å². The fourth-order valence-electron chi connectivity index (χ4n) is 1.91. The van der Waals surface area contributed by atoms with E-state index in [1.807, 2.05) is 0 Å². The molecule has 1 heterocycles. The van der Waals surface area contributed by atoms with E-state index in [-0.39, 0.29) is 12.1 Å². The van der Waals surface area contributed by atoms with Gasteiger partial charge in [0.2, 0.25) is 0 Å². The molecule has 0 aliphatic carbocycles. The molecule has 0 aromatic heterocycles. The molecule has 4 nitrogen and oxygen atoms in total. The second kappa shape index (κ2) is 6.98. The zero-order valence-electron chi connectivity index (χ0n) is 10.4. The summed E-state index contributed by atoms with van der Waals surface area (Å²) >= 11 is 11.8. The number of nitrogens with one attached hydrogen (secondary N) is 2. The summed E-state index contributed by atoms with van der Waals surface area (Å²) in [4.78, 5) is 11.6. The molecule has 1 atom stereocenters. The molecule has 6 heteroatoms. The van der Waals surface area contributed by atoms with Crippen LogP contribution in [0.15, 0.2) is 18.2 Å². The zero-order valence-corrected chi connectivity index (χ0v) is 11.9. The fourth-order valence-corrected chi connectivity index (χ4v) is 2.39. The maximum Gasteiger partial charge on any atom is 0.315 e. The average Bonchev–Trinajstić information content (AvgIpc) is 2.88. The highest BCUT2D eigenvalue weighted by molar-refractivity contribution is 6.35. The Morgan fingerprint density at radius 3 is 2.89 bits per heavy atom. The molecule has 19 heavy (non-hydrogen) atoms. The number of hydrogen-bond acceptors (Lipinski definition) is 2. The van der Waals surface area contributed by atoms with Crippen molar-refractivity contribution in [2.75, 3.05) is 13.2 Å². The Labute approximate surface area is 122 Å². The van der Waals surface area contributed by atoms with Crippen molar-refractivity contribution >= 4 is 29.2 Å². The van der Waals surface area contributed by atoms with E-state index in [9.17, 15) is 4.79 Å². The SMILES string of the molecule is O=C(NCc1ccc(Cl)cc1Cl)NCC1CCCO1. The zero-order chi connectivity index (χ0) is 13.7. The molecule has 104 valence electrons. The standard InChI is InChI=1S/C13H16Cl2N2O2/c14-10-4-3-9(12(15)6-10)7-16-13(18)17-8-11-2-1-5-19-11/h3-4,6,11H,1-2,5,7-8H2,(H2,16,17,18). The summed E-state index contributed by atoms with van der Waals surface area (Å²) in [6.07, 6.45) is 2.21. The predicted octanol–water partition coefficient (Wildman–Crippen LogP) is 2.97. The highest BCUT2D eigenvalue weighted by Gasteiger charge is 2.15. The first kappa shape index (κ1) is 14.4. The number of carbonyl (C=O) groups excluding carboxylic acids is 1. The van der Waals surface area contributed by atoms with Gasteiger partial charge in [0.15, 0.2) is 0 Å². The van der Waals surface area contributed by atoms with Crippen molar-refractivity contribution in [3.63, 3.8) is 0 Å². The molecule has 2 N–H and O–H groups in total. The van der Waals surface area contributed by atoms with Crippen LogP contribution in [0.1, 0.15) is 18.4 Å². The van der Waals surface area contributed by atoms with Crippen LogP contribution in [0.2, 0.25) is 10.0 Å². The van der Waals surface area contributed by atoms with Gasteiger partial charge in [0.1, 0.15) is 0 Å². The van der Waals surface area contributed by atoms with Gasteiger partial charge in [-0.25, -0.2) is 4.79 Å². The summed E-state index contributed by atoms with van der Waals surface area (Å²) in [5.74, 6) is 0. The molecule has 0 radical (unpaired) electrons. The van der Waals surface area contributed by atoms with Gasteiger partial charge < -0.3 is 15.4 Å². The minimum atomic E-state index is -0.221. The van der Waals surface area contributed by atoms with Crippen LogP contribution in [0, 0.1) is 0 Å². The van der Waals surface area contributed by atoms with Gasteiger partial charge in [0, 0.05) is 29.7 Å². The molecule has 0 spiro atoms. The van der Waals surface area contributed by atoms with Gasteiger partial charge in [0.05, 0.1) is 6.10 Å². The number of ether oxygens (including phenoxy) is 1. The quantitative estimate of drug-likeness (QED) is 0.898. The number of amides is 2. The van der Waals surface area contributed by atoms with Gasteiger partial charge in [0.25, 0.3) is 0 Å². The normalized spacial score (nSPS) is 18.3. The van der Waals surface area contributed by atoms with E-state index in [1.54, 1.807) is 18.2 Å². The third kappa shape index (κ3) is 4.56. The van der Waals surface area contributed by atoms with Crippen molar-refractivity contribution in [1.29, 1.82) is 0 Å². The van der Waals surface area contributed by atoms with Gasteiger partial charge in [-0.05, 0) is 30.5 Å². The number of benzene rings is 1. The molecule has 1 aliphatic rings. The first-order chi connectivity index (χ1) is 9.15. The van der Waals surface area contributed by atoms with Crippen LogP contribution in [-0.2, 0) is 11.3 Å². The summed E-state index contributed by atoms with van der Waals surface area (Å²) in [6, 6.07) is 4.98. The molecule has 0 saturated carbocycles. The minimum Gasteiger partial charge on any atom is -0.376 e. The van der Waals surface area contributed by atoms with E-state index in [1.165, 1.54) is 0 Å². The lowest BCUT2D eigenvalue weighted by atomic mass is 10.2. The fraction of sp³-hybridized carbons (Fsp3) is 0.462. The largest absolute Gasteiger partial charge is 0.376 e. The molecular formula is C13H16Cl2N2O2. The van der Waals surface area contributed by atoms with Crippen LogP contribution in [-0.4, -0.2) is 25.3 Å². The topological polar surface area (TPSA) is 50.4 Å². The van der Waals surface area contributed by atoms with Gasteiger partial charge >= 0.3 is 6.03 Å². The second-order valence-corrected chi connectivity index (χ2v) is 5.28. The Hall–Kier alpha value is -0.970. The number of hydrogen-bond donors (Lipinski definition) is 2. The Kier molecular flexibility index (Phi) is 5.31. The van der Waals surface area contributed by atoms with Crippen molar-refractivity contribution < 1.29 is 9.53 Å². The lowest BCUT2D eigenvalue weighted by Gasteiger charge is -2.12. The van der Waals surface area contributed by atoms with Crippen molar-refractivity contribution in [2.45, 2.75) is 25.5 Å². The van der Waals surface area contributed by atoms with Crippen molar-refractivity contribution in [3.05, 3.63) is 33.8 Å². The van der Waals surface area contributed by atoms with E-state index in [0.29, 0.717) is 23.1 Å². The maximum atomic E-state index is 11.6. The maximum absolute atomic E-state index is 11.6. The van der Waals surface area contributed by atoms with Gasteiger partial charge in [-0.3, -0.25) is 0 Å². The summed E-state index contributed by atoms with van der Waals surface area (Å²) in [5.41, 5.74) is 0.832. The van der Waals surface area contributed by atoms with Crippen LogP contribution >= 0.6 is 23.2 Å². The van der Waals surface area contributed by atoms with Gasteiger partial charge in [-0.1, -0.05) is 29.3 Å². The summed E-state index contributed by atoms with van der Waals surface area (Å²) in [5, 5.41) is 6.66. The van der Waals surface area contributed by atoms with E-state index >= 15 is 0 Å². The number of carbonyl (C=O) groups is 1. The molecule has 0 bridgehead atoms. The first-order valence-electron chi connectivity index (χ1n) is 6.22. The molecule has 1 aromatic rings. The molecule has 2 amide bonds. The number of halogens is 2. The van der Waals surface area contributed by atoms with Crippen LogP contribution in [0.5, 0.6) is 0 Å². The molecule has 1 aliphatic heterocycles. The van der Waals surface area contributed by atoms with Crippen molar-refractivity contribution in [3.8, 4) is 0 Å². The van der Waals surface area contributed by atoms with E-state index in [0.717, 1.165) is 25.0 Å². The highest BCUT2D eigenvalue weighted by atomic mass is 35.5. The molecule has 2 rings (SSSR count). The second-order valence-electron chi connectivity index (χ2n) is 4.43. The average molecular weight is 303 g/mol. The number of rotatable bonds is 4. The van der Waals surface area contributed by atoms with Crippen LogP contribution in [0.3, 0.4) is 0 Å². The molecule has 1 aromatic carbocycles. The van der Waals surface area contributed by atoms with E-state index in [2.05, 4.69) is 10.6 Å². The van der Waals surface area contributed by atoms with Gasteiger partial charge in [-0.2, -0.15) is 0 Å². The highest BCUT2D eigenvalue weighted by Crippen LogP contribution is 2.20. The number of urea groups is 1. The molecule has 1 unspecified atom stereocenters. The Morgan fingerprint density at radius 2 is 2.21 bits per heavy atom. The van der Waals surface area contributed by atoms with Crippen LogP contribution in [0.25, 0.3) is 0 Å². The van der Waals surface area contributed by atoms with E-state index < -0.39 is 0 Å².